The molecular formula is C18H25FN2O3. The van der Waals surface area contributed by atoms with Crippen molar-refractivity contribution in [2.75, 3.05) is 37.1 Å². The van der Waals surface area contributed by atoms with E-state index in [0.717, 1.165) is 12.8 Å². The number of amides is 1. The highest BCUT2D eigenvalue weighted by Gasteiger charge is 2.24. The van der Waals surface area contributed by atoms with Crippen molar-refractivity contribution in [3.05, 3.63) is 24.0 Å². The number of rotatable bonds is 4. The van der Waals surface area contributed by atoms with Crippen molar-refractivity contribution in [3.63, 3.8) is 0 Å². The van der Waals surface area contributed by atoms with Crippen molar-refractivity contribution >= 4 is 17.3 Å². The lowest BCUT2D eigenvalue weighted by atomic mass is 9.94. The molecular weight excluding hydrogens is 311 g/mol. The Morgan fingerprint density at radius 3 is 2.71 bits per heavy atom. The van der Waals surface area contributed by atoms with Gasteiger partial charge in [0, 0.05) is 18.8 Å². The largest absolute Gasteiger partial charge is 0.376 e. The van der Waals surface area contributed by atoms with E-state index >= 15 is 0 Å². The third-order valence-corrected chi connectivity index (χ3v) is 4.83. The first-order valence-electron chi connectivity index (χ1n) is 8.68. The molecule has 1 amide bonds. The lowest BCUT2D eigenvalue weighted by molar-refractivity contribution is -0.142. The summed E-state index contributed by atoms with van der Waals surface area (Å²) in [5, 5.41) is 2.70. The van der Waals surface area contributed by atoms with Crippen LogP contribution in [0.2, 0.25) is 0 Å². The fourth-order valence-electron chi connectivity index (χ4n) is 3.40. The summed E-state index contributed by atoms with van der Waals surface area (Å²) < 4.78 is 25.1. The first-order valence-corrected chi connectivity index (χ1v) is 8.68. The summed E-state index contributed by atoms with van der Waals surface area (Å²) in [4.78, 5) is 14.1. The zero-order chi connectivity index (χ0) is 16.9. The van der Waals surface area contributed by atoms with Crippen LogP contribution in [0.3, 0.4) is 0 Å². The Labute approximate surface area is 142 Å². The van der Waals surface area contributed by atoms with E-state index in [1.54, 1.807) is 12.1 Å². The Balaban J connectivity index is 1.64. The van der Waals surface area contributed by atoms with Gasteiger partial charge in [-0.25, -0.2) is 4.39 Å². The third kappa shape index (κ3) is 4.05. The summed E-state index contributed by atoms with van der Waals surface area (Å²) in [6, 6.07) is 5.23. The number of carbonyl (C=O) groups excluding carboxylic acids is 1. The van der Waals surface area contributed by atoms with E-state index < -0.39 is 6.10 Å². The Morgan fingerprint density at radius 2 is 2.04 bits per heavy atom. The van der Waals surface area contributed by atoms with Gasteiger partial charge < -0.3 is 19.7 Å². The van der Waals surface area contributed by atoms with Crippen LogP contribution in [0.25, 0.3) is 0 Å². The number of halogens is 1. The molecule has 1 atom stereocenters. The minimum absolute atomic E-state index is 0.233. The molecule has 1 aliphatic heterocycles. The Kier molecular flexibility index (Phi) is 5.68. The van der Waals surface area contributed by atoms with Gasteiger partial charge in [0.05, 0.1) is 25.5 Å². The first-order chi connectivity index (χ1) is 11.6. The van der Waals surface area contributed by atoms with Crippen LogP contribution < -0.4 is 10.2 Å². The highest BCUT2D eigenvalue weighted by Crippen LogP contribution is 2.29. The van der Waals surface area contributed by atoms with Gasteiger partial charge in [0.25, 0.3) is 5.91 Å². The molecule has 0 bridgehead atoms. The molecule has 3 rings (SSSR count). The molecule has 1 heterocycles. The second kappa shape index (κ2) is 7.94. The van der Waals surface area contributed by atoms with Crippen molar-refractivity contribution in [1.82, 2.24) is 0 Å². The molecule has 132 valence electrons. The molecule has 0 radical (unpaired) electrons. The molecule has 1 saturated heterocycles. The number of nitrogens with one attached hydrogen (secondary N) is 1. The van der Waals surface area contributed by atoms with Crippen LogP contribution in [-0.4, -0.2) is 44.9 Å². The maximum absolute atomic E-state index is 14.5. The number of nitrogens with zero attached hydrogens (tertiary/aromatic N) is 1. The monoisotopic (exact) mass is 336 g/mol. The molecule has 5 nitrogen and oxygen atoms in total. The quantitative estimate of drug-likeness (QED) is 0.918. The number of hydrogen-bond acceptors (Lipinski definition) is 4. The van der Waals surface area contributed by atoms with Gasteiger partial charge in [0.1, 0.15) is 5.82 Å². The normalized spacial score (nSPS) is 22.2. The molecule has 1 aliphatic carbocycles. The summed E-state index contributed by atoms with van der Waals surface area (Å²) in [5.74, 6) is -0.621. The minimum Gasteiger partial charge on any atom is -0.376 e. The van der Waals surface area contributed by atoms with Crippen LogP contribution in [0.4, 0.5) is 15.8 Å². The molecule has 1 aromatic rings. The Hall–Kier alpha value is -1.66. The molecule has 0 unspecified atom stereocenters. The standard InChI is InChI=1S/C18H25FN2O3/c1-21(14-5-3-2-4-6-14)16-8-7-13(11-15(16)19)20-18(22)17-12-23-9-10-24-17/h7-8,11,14,17H,2-6,9-10,12H2,1H3,(H,20,22)/t17-/m0/s1. The average Bonchev–Trinajstić information content (AvgIpc) is 2.63. The lowest BCUT2D eigenvalue weighted by Crippen LogP contribution is -2.39. The molecule has 0 spiro atoms. The summed E-state index contributed by atoms with van der Waals surface area (Å²) in [6.07, 6.45) is 5.25. The zero-order valence-corrected chi connectivity index (χ0v) is 14.1. The van der Waals surface area contributed by atoms with Gasteiger partial charge in [-0.1, -0.05) is 19.3 Å². The van der Waals surface area contributed by atoms with Gasteiger partial charge in [-0.3, -0.25) is 4.79 Å². The lowest BCUT2D eigenvalue weighted by Gasteiger charge is -2.33. The second-order valence-electron chi connectivity index (χ2n) is 6.49. The van der Waals surface area contributed by atoms with Crippen LogP contribution in [0, 0.1) is 5.82 Å². The molecule has 0 aromatic heterocycles. The summed E-state index contributed by atoms with van der Waals surface area (Å²) in [6.45, 7) is 1.13. The van der Waals surface area contributed by atoms with Crippen LogP contribution in [0.15, 0.2) is 18.2 Å². The maximum Gasteiger partial charge on any atom is 0.255 e. The molecule has 1 saturated carbocycles. The molecule has 1 N–H and O–H groups in total. The number of ether oxygens (including phenoxy) is 2. The van der Waals surface area contributed by atoms with Gasteiger partial charge in [0.15, 0.2) is 6.10 Å². The van der Waals surface area contributed by atoms with Crippen molar-refractivity contribution in [3.8, 4) is 0 Å². The number of hydrogen-bond donors (Lipinski definition) is 1. The Bertz CT molecular complexity index is 569. The molecule has 1 aromatic carbocycles. The van der Waals surface area contributed by atoms with E-state index in [1.165, 1.54) is 25.3 Å². The third-order valence-electron chi connectivity index (χ3n) is 4.83. The summed E-state index contributed by atoms with van der Waals surface area (Å²) in [7, 11) is 1.94. The number of benzene rings is 1. The van der Waals surface area contributed by atoms with E-state index in [-0.39, 0.29) is 18.3 Å². The summed E-state index contributed by atoms with van der Waals surface area (Å²) >= 11 is 0. The van der Waals surface area contributed by atoms with Gasteiger partial charge in [-0.05, 0) is 31.0 Å². The zero-order valence-electron chi connectivity index (χ0n) is 14.1. The molecule has 2 fully saturated rings. The van der Waals surface area contributed by atoms with Crippen molar-refractivity contribution in [1.29, 1.82) is 0 Å². The predicted molar refractivity (Wildman–Crippen MR) is 90.9 cm³/mol. The first kappa shape index (κ1) is 17.2. The van der Waals surface area contributed by atoms with Crippen LogP contribution >= 0.6 is 0 Å². The number of carbonyl (C=O) groups is 1. The van der Waals surface area contributed by atoms with E-state index in [1.807, 2.05) is 11.9 Å². The topological polar surface area (TPSA) is 50.8 Å². The predicted octanol–water partition coefficient (Wildman–Crippen LogP) is 2.95. The summed E-state index contributed by atoms with van der Waals surface area (Å²) in [5.41, 5.74) is 1.02. The van der Waals surface area contributed by atoms with E-state index in [9.17, 15) is 9.18 Å². The smallest absolute Gasteiger partial charge is 0.255 e. The van der Waals surface area contributed by atoms with Crippen molar-refractivity contribution < 1.29 is 18.7 Å². The van der Waals surface area contributed by atoms with Crippen LogP contribution in [0.1, 0.15) is 32.1 Å². The minimum atomic E-state index is -0.633. The fraction of sp³-hybridized carbons (Fsp3) is 0.611. The van der Waals surface area contributed by atoms with Gasteiger partial charge in [-0.2, -0.15) is 0 Å². The molecule has 6 heteroatoms. The van der Waals surface area contributed by atoms with Crippen LogP contribution in [0.5, 0.6) is 0 Å². The maximum atomic E-state index is 14.5. The highest BCUT2D eigenvalue weighted by atomic mass is 19.1. The van der Waals surface area contributed by atoms with E-state index in [4.69, 9.17) is 9.47 Å². The van der Waals surface area contributed by atoms with Crippen molar-refractivity contribution in [2.24, 2.45) is 0 Å². The van der Waals surface area contributed by atoms with Crippen LogP contribution in [-0.2, 0) is 14.3 Å². The molecule has 2 aliphatic rings. The van der Waals surface area contributed by atoms with E-state index in [2.05, 4.69) is 5.32 Å². The van der Waals surface area contributed by atoms with Gasteiger partial charge in [0.2, 0.25) is 0 Å². The highest BCUT2D eigenvalue weighted by molar-refractivity contribution is 5.94. The van der Waals surface area contributed by atoms with Gasteiger partial charge in [-0.15, -0.1) is 0 Å². The number of anilines is 2. The SMILES string of the molecule is CN(c1ccc(NC(=O)[C@@H]2COCCO2)cc1F)C1CCCCC1. The second-order valence-corrected chi connectivity index (χ2v) is 6.49. The average molecular weight is 336 g/mol. The fourth-order valence-corrected chi connectivity index (χ4v) is 3.40. The molecule has 24 heavy (non-hydrogen) atoms. The van der Waals surface area contributed by atoms with Gasteiger partial charge >= 0.3 is 0 Å². The Morgan fingerprint density at radius 1 is 1.25 bits per heavy atom. The van der Waals surface area contributed by atoms with Crippen molar-refractivity contribution in [2.45, 2.75) is 44.2 Å². The van der Waals surface area contributed by atoms with E-state index in [0.29, 0.717) is 30.6 Å².